The second-order valence-electron chi connectivity index (χ2n) is 5.45. The zero-order valence-corrected chi connectivity index (χ0v) is 14.6. The van der Waals surface area contributed by atoms with Gasteiger partial charge in [-0.15, -0.1) is 0 Å². The van der Waals surface area contributed by atoms with Gasteiger partial charge in [-0.1, -0.05) is 31.0 Å². The molecule has 0 saturated heterocycles. The van der Waals surface area contributed by atoms with Gasteiger partial charge in [0.2, 0.25) is 0 Å². The van der Waals surface area contributed by atoms with Gasteiger partial charge in [0, 0.05) is 5.56 Å². The standard InChI is InChI=1S/C17H17ClN2O6/c1-2-3-6-26-10-5-4-8(7-9(10)18)11-12(16(22)23)14(19)20-15(21)13(11)17(24)25/h4-5,7H,2-3,6H2,1H3,(H,22,23)(H,24,25)(H3,19,20,21). The quantitative estimate of drug-likeness (QED) is 0.541. The molecule has 2 rings (SSSR count). The first-order valence-electron chi connectivity index (χ1n) is 7.73. The Hall–Kier alpha value is -3.00. The van der Waals surface area contributed by atoms with Crippen LogP contribution in [0.4, 0.5) is 5.82 Å². The predicted molar refractivity (Wildman–Crippen MR) is 96.2 cm³/mol. The largest absolute Gasteiger partial charge is 0.492 e. The highest BCUT2D eigenvalue weighted by atomic mass is 35.5. The molecule has 0 atom stereocenters. The lowest BCUT2D eigenvalue weighted by Gasteiger charge is -2.14. The van der Waals surface area contributed by atoms with Crippen molar-refractivity contribution in [3.05, 3.63) is 44.7 Å². The molecule has 1 heterocycles. The number of nitrogens with two attached hydrogens (primary N) is 1. The maximum Gasteiger partial charge on any atom is 0.342 e. The molecule has 9 heteroatoms. The Morgan fingerprint density at radius 3 is 2.42 bits per heavy atom. The molecule has 0 spiro atoms. The van der Waals surface area contributed by atoms with Gasteiger partial charge in [0.25, 0.3) is 5.56 Å². The molecule has 5 N–H and O–H groups in total. The topological polar surface area (TPSA) is 143 Å². The zero-order valence-electron chi connectivity index (χ0n) is 13.8. The molecule has 0 saturated carbocycles. The van der Waals surface area contributed by atoms with E-state index < -0.39 is 34.4 Å². The number of halogens is 1. The van der Waals surface area contributed by atoms with Crippen molar-refractivity contribution < 1.29 is 24.5 Å². The number of nitrogens with one attached hydrogen (secondary N) is 1. The number of carboxylic acids is 2. The summed E-state index contributed by atoms with van der Waals surface area (Å²) in [6.45, 7) is 2.46. The SMILES string of the molecule is CCCCOc1ccc(-c2c(C(=O)O)c(N)[nH]c(=O)c2C(=O)O)cc1Cl. The lowest BCUT2D eigenvalue weighted by Crippen LogP contribution is -2.24. The smallest absolute Gasteiger partial charge is 0.342 e. The van der Waals surface area contributed by atoms with E-state index >= 15 is 0 Å². The van der Waals surface area contributed by atoms with Crippen molar-refractivity contribution in [2.75, 3.05) is 12.3 Å². The minimum atomic E-state index is -1.58. The first kappa shape index (κ1) is 19.3. The normalized spacial score (nSPS) is 10.5. The summed E-state index contributed by atoms with van der Waals surface area (Å²) in [6, 6.07) is 4.26. The molecule has 0 aliphatic rings. The van der Waals surface area contributed by atoms with Crippen LogP contribution in [-0.4, -0.2) is 33.7 Å². The summed E-state index contributed by atoms with van der Waals surface area (Å²) in [5, 5.41) is 18.9. The number of benzene rings is 1. The van der Waals surface area contributed by atoms with Gasteiger partial charge in [0.05, 0.1) is 11.6 Å². The number of hydrogen-bond donors (Lipinski definition) is 4. The summed E-state index contributed by atoms with van der Waals surface area (Å²) in [6.07, 6.45) is 1.76. The number of aromatic nitrogens is 1. The van der Waals surface area contributed by atoms with Gasteiger partial charge in [-0.3, -0.25) is 4.79 Å². The van der Waals surface area contributed by atoms with Gasteiger partial charge in [0.1, 0.15) is 22.7 Å². The Labute approximate surface area is 153 Å². The monoisotopic (exact) mass is 380 g/mol. The maximum absolute atomic E-state index is 12.0. The Kier molecular flexibility index (Phi) is 5.89. The highest BCUT2D eigenvalue weighted by Gasteiger charge is 2.26. The molecule has 0 radical (unpaired) electrons. The average molecular weight is 381 g/mol. The van der Waals surface area contributed by atoms with Crippen LogP contribution in [0.3, 0.4) is 0 Å². The molecular weight excluding hydrogens is 364 g/mol. The van der Waals surface area contributed by atoms with Crippen LogP contribution in [0.15, 0.2) is 23.0 Å². The van der Waals surface area contributed by atoms with E-state index in [0.29, 0.717) is 12.4 Å². The zero-order chi connectivity index (χ0) is 19.4. The van der Waals surface area contributed by atoms with Crippen LogP contribution in [-0.2, 0) is 0 Å². The number of carboxylic acid groups (broad SMARTS) is 2. The van der Waals surface area contributed by atoms with E-state index in [1.807, 2.05) is 11.9 Å². The minimum absolute atomic E-state index is 0.130. The summed E-state index contributed by atoms with van der Waals surface area (Å²) in [5.74, 6) is -3.13. The van der Waals surface area contributed by atoms with Gasteiger partial charge < -0.3 is 25.7 Å². The molecule has 26 heavy (non-hydrogen) atoms. The van der Waals surface area contributed by atoms with Crippen LogP contribution in [0.25, 0.3) is 11.1 Å². The molecular formula is C17H17ClN2O6. The number of hydrogen-bond acceptors (Lipinski definition) is 5. The molecule has 0 fully saturated rings. The van der Waals surface area contributed by atoms with E-state index in [4.69, 9.17) is 22.1 Å². The highest BCUT2D eigenvalue weighted by molar-refractivity contribution is 6.32. The summed E-state index contributed by atoms with van der Waals surface area (Å²) in [5.41, 5.74) is 3.16. The van der Waals surface area contributed by atoms with E-state index in [1.54, 1.807) is 0 Å². The second kappa shape index (κ2) is 7.92. The first-order valence-corrected chi connectivity index (χ1v) is 8.10. The van der Waals surface area contributed by atoms with Crippen molar-refractivity contribution in [3.8, 4) is 16.9 Å². The summed E-state index contributed by atoms with van der Waals surface area (Å²) in [4.78, 5) is 37.1. The Bertz CT molecular complexity index is 922. The van der Waals surface area contributed by atoms with Gasteiger partial charge >= 0.3 is 11.9 Å². The third kappa shape index (κ3) is 3.80. The van der Waals surface area contributed by atoms with E-state index in [2.05, 4.69) is 0 Å². The number of aromatic amines is 1. The van der Waals surface area contributed by atoms with Crippen molar-refractivity contribution in [2.24, 2.45) is 0 Å². The lowest BCUT2D eigenvalue weighted by molar-refractivity contribution is 0.0695. The highest BCUT2D eigenvalue weighted by Crippen LogP contribution is 2.34. The number of unbranched alkanes of at least 4 members (excludes halogenated alkanes) is 1. The predicted octanol–water partition coefficient (Wildman–Crippen LogP) is 2.85. The third-order valence-corrected chi connectivity index (χ3v) is 3.94. The number of nitrogen functional groups attached to an aromatic ring is 1. The lowest BCUT2D eigenvalue weighted by atomic mass is 9.95. The van der Waals surface area contributed by atoms with E-state index in [9.17, 15) is 24.6 Å². The van der Waals surface area contributed by atoms with Crippen LogP contribution in [0.2, 0.25) is 5.02 Å². The fourth-order valence-corrected chi connectivity index (χ4v) is 2.67. The van der Waals surface area contributed by atoms with E-state index in [0.717, 1.165) is 12.8 Å². The van der Waals surface area contributed by atoms with Crippen molar-refractivity contribution >= 4 is 29.4 Å². The van der Waals surface area contributed by atoms with Crippen LogP contribution in [0, 0.1) is 0 Å². The number of anilines is 1. The van der Waals surface area contributed by atoms with E-state index in [-0.39, 0.29) is 16.1 Å². The molecule has 0 aliphatic heterocycles. The number of pyridine rings is 1. The molecule has 0 bridgehead atoms. The second-order valence-corrected chi connectivity index (χ2v) is 5.86. The van der Waals surface area contributed by atoms with Gasteiger partial charge in [-0.25, -0.2) is 9.59 Å². The number of rotatable bonds is 7. The Morgan fingerprint density at radius 2 is 1.88 bits per heavy atom. The fourth-order valence-electron chi connectivity index (χ4n) is 2.44. The molecule has 2 aromatic rings. The van der Waals surface area contributed by atoms with Gasteiger partial charge in [-0.05, 0) is 24.1 Å². The molecule has 0 amide bonds. The molecule has 138 valence electrons. The van der Waals surface area contributed by atoms with Gasteiger partial charge in [0.15, 0.2) is 0 Å². The maximum atomic E-state index is 12.0. The van der Waals surface area contributed by atoms with Crippen LogP contribution in [0.1, 0.15) is 40.5 Å². The van der Waals surface area contributed by atoms with Crippen LogP contribution in [0.5, 0.6) is 5.75 Å². The number of aromatic carboxylic acids is 2. The average Bonchev–Trinajstić information content (AvgIpc) is 2.54. The number of H-pyrrole nitrogens is 1. The summed E-state index contributed by atoms with van der Waals surface area (Å²) >= 11 is 6.16. The Morgan fingerprint density at radius 1 is 1.23 bits per heavy atom. The first-order chi connectivity index (χ1) is 12.3. The minimum Gasteiger partial charge on any atom is -0.492 e. The van der Waals surface area contributed by atoms with Crippen molar-refractivity contribution in [1.29, 1.82) is 0 Å². The fraction of sp³-hybridized carbons (Fsp3) is 0.235. The van der Waals surface area contributed by atoms with Crippen molar-refractivity contribution in [2.45, 2.75) is 19.8 Å². The van der Waals surface area contributed by atoms with E-state index in [1.165, 1.54) is 18.2 Å². The number of ether oxygens (including phenoxy) is 1. The molecule has 1 aromatic carbocycles. The van der Waals surface area contributed by atoms with Crippen LogP contribution < -0.4 is 16.0 Å². The molecule has 0 unspecified atom stereocenters. The molecule has 8 nitrogen and oxygen atoms in total. The van der Waals surface area contributed by atoms with Crippen LogP contribution >= 0.6 is 11.6 Å². The number of carbonyl (C=O) groups is 2. The molecule has 1 aromatic heterocycles. The summed E-state index contributed by atoms with van der Waals surface area (Å²) < 4.78 is 5.51. The summed E-state index contributed by atoms with van der Waals surface area (Å²) in [7, 11) is 0. The Balaban J connectivity index is 2.67. The van der Waals surface area contributed by atoms with Crippen molar-refractivity contribution in [1.82, 2.24) is 4.98 Å². The third-order valence-electron chi connectivity index (χ3n) is 3.65. The van der Waals surface area contributed by atoms with Crippen molar-refractivity contribution in [3.63, 3.8) is 0 Å². The molecule has 0 aliphatic carbocycles. The van der Waals surface area contributed by atoms with Gasteiger partial charge in [-0.2, -0.15) is 0 Å².